The van der Waals surface area contributed by atoms with Gasteiger partial charge in [-0.1, -0.05) is 49.4 Å². The molecule has 3 nitrogen and oxygen atoms in total. The van der Waals surface area contributed by atoms with Gasteiger partial charge in [0.15, 0.2) is 0 Å². The summed E-state index contributed by atoms with van der Waals surface area (Å²) in [5.41, 5.74) is 1.34. The quantitative estimate of drug-likeness (QED) is 0.541. The van der Waals surface area contributed by atoms with Crippen LogP contribution in [0.4, 0.5) is 0 Å². The summed E-state index contributed by atoms with van der Waals surface area (Å²) in [4.78, 5) is 4.07. The maximum atomic E-state index is 5.92. The van der Waals surface area contributed by atoms with Gasteiger partial charge in [0.05, 0.1) is 6.33 Å². The molecule has 0 spiro atoms. The molecule has 24 heavy (non-hydrogen) atoms. The van der Waals surface area contributed by atoms with Gasteiger partial charge in [0, 0.05) is 30.0 Å². The van der Waals surface area contributed by atoms with Crippen LogP contribution in [-0.4, -0.2) is 22.1 Å². The molecule has 1 aromatic carbocycles. The van der Waals surface area contributed by atoms with Crippen LogP contribution in [0.15, 0.2) is 43.0 Å². The van der Waals surface area contributed by atoms with E-state index in [1.807, 2.05) is 30.9 Å². The number of unbranched alkanes of at least 4 members (excludes halogenated alkanes) is 5. The zero-order valence-corrected chi connectivity index (χ0v) is 15.5. The summed E-state index contributed by atoms with van der Waals surface area (Å²) in [5.74, 6) is 0. The van der Waals surface area contributed by atoms with Crippen LogP contribution in [0, 0.1) is 0 Å². The molecule has 0 aliphatic rings. The lowest BCUT2D eigenvalue weighted by Gasteiger charge is -2.14. The number of nitrogens with one attached hydrogen (secondary N) is 1. The molecule has 1 N–H and O–H groups in total. The van der Waals surface area contributed by atoms with Crippen LogP contribution in [0.1, 0.15) is 51.0 Å². The second-order valence-corrected chi connectivity index (χ2v) is 7.04. The Balaban J connectivity index is 1.41. The van der Waals surface area contributed by atoms with Crippen molar-refractivity contribution in [2.45, 2.75) is 64.5 Å². The van der Waals surface area contributed by atoms with Gasteiger partial charge in [0.25, 0.3) is 0 Å². The largest absolute Gasteiger partial charge is 0.337 e. The van der Waals surface area contributed by atoms with Crippen molar-refractivity contribution in [1.82, 2.24) is 14.9 Å². The summed E-state index contributed by atoms with van der Waals surface area (Å²) in [6.07, 6.45) is 14.7. The second-order valence-electron chi connectivity index (χ2n) is 6.61. The van der Waals surface area contributed by atoms with Crippen molar-refractivity contribution >= 4 is 11.6 Å². The maximum Gasteiger partial charge on any atom is 0.0945 e. The van der Waals surface area contributed by atoms with E-state index in [1.54, 1.807) is 0 Å². The molecule has 1 heterocycles. The fourth-order valence-electron chi connectivity index (χ4n) is 2.94. The summed E-state index contributed by atoms with van der Waals surface area (Å²) in [5, 5.41) is 4.43. The smallest absolute Gasteiger partial charge is 0.0945 e. The Kier molecular flexibility index (Phi) is 8.93. The van der Waals surface area contributed by atoms with Crippen LogP contribution in [0.2, 0.25) is 5.02 Å². The predicted octanol–water partition coefficient (Wildman–Crippen LogP) is 5.10. The number of rotatable bonds is 12. The van der Waals surface area contributed by atoms with Crippen LogP contribution >= 0.6 is 11.6 Å². The predicted molar refractivity (Wildman–Crippen MR) is 103 cm³/mol. The van der Waals surface area contributed by atoms with Gasteiger partial charge in [0.2, 0.25) is 0 Å². The first kappa shape index (κ1) is 19.0. The molecule has 0 bridgehead atoms. The molecule has 1 unspecified atom stereocenters. The summed E-state index contributed by atoms with van der Waals surface area (Å²) >= 11 is 5.92. The first-order chi connectivity index (χ1) is 11.7. The molecule has 0 saturated heterocycles. The van der Waals surface area contributed by atoms with Crippen molar-refractivity contribution < 1.29 is 0 Å². The Labute approximate surface area is 151 Å². The average Bonchev–Trinajstić information content (AvgIpc) is 3.09. The molecular formula is C20H30ClN3. The minimum atomic E-state index is 0.515. The van der Waals surface area contributed by atoms with E-state index in [0.29, 0.717) is 6.04 Å². The van der Waals surface area contributed by atoms with Gasteiger partial charge in [-0.3, -0.25) is 0 Å². The summed E-state index contributed by atoms with van der Waals surface area (Å²) in [6, 6.07) is 8.68. The van der Waals surface area contributed by atoms with Crippen LogP contribution in [0.5, 0.6) is 0 Å². The van der Waals surface area contributed by atoms with Gasteiger partial charge in [-0.15, -0.1) is 0 Å². The molecule has 2 rings (SSSR count). The number of hydrogen-bond acceptors (Lipinski definition) is 2. The van der Waals surface area contributed by atoms with Crippen molar-refractivity contribution in [2.24, 2.45) is 0 Å². The average molecular weight is 348 g/mol. The van der Waals surface area contributed by atoms with Gasteiger partial charge in [-0.25, -0.2) is 4.98 Å². The van der Waals surface area contributed by atoms with Gasteiger partial charge in [0.1, 0.15) is 0 Å². The van der Waals surface area contributed by atoms with E-state index in [2.05, 4.69) is 33.9 Å². The standard InChI is InChI=1S/C20H30ClN3/c1-18(16-19-8-10-20(21)11-9-19)23-12-6-4-2-3-5-7-14-24-15-13-22-17-24/h8-11,13,15,17-18,23H,2-7,12,14,16H2,1H3. The number of nitrogens with zero attached hydrogens (tertiary/aromatic N) is 2. The lowest BCUT2D eigenvalue weighted by Crippen LogP contribution is -2.28. The van der Waals surface area contributed by atoms with E-state index in [4.69, 9.17) is 11.6 Å². The highest BCUT2D eigenvalue weighted by atomic mass is 35.5. The number of halogens is 1. The molecule has 0 aliphatic carbocycles. The van der Waals surface area contributed by atoms with Crippen molar-refractivity contribution in [3.8, 4) is 0 Å². The highest BCUT2D eigenvalue weighted by Crippen LogP contribution is 2.11. The van der Waals surface area contributed by atoms with Gasteiger partial charge < -0.3 is 9.88 Å². The molecule has 1 aromatic heterocycles. The topological polar surface area (TPSA) is 29.9 Å². The number of imidazole rings is 1. The van der Waals surface area contributed by atoms with Gasteiger partial charge in [-0.2, -0.15) is 0 Å². The van der Waals surface area contributed by atoms with Crippen molar-refractivity contribution in [1.29, 1.82) is 0 Å². The summed E-state index contributed by atoms with van der Waals surface area (Å²) < 4.78 is 2.16. The molecule has 2 aromatic rings. The molecule has 0 aliphatic heterocycles. The molecule has 0 saturated carbocycles. The Morgan fingerprint density at radius 1 is 1.04 bits per heavy atom. The van der Waals surface area contributed by atoms with Crippen molar-refractivity contribution in [3.05, 3.63) is 53.6 Å². The molecule has 0 radical (unpaired) electrons. The zero-order chi connectivity index (χ0) is 17.0. The number of aryl methyl sites for hydroxylation is 1. The lowest BCUT2D eigenvalue weighted by molar-refractivity contribution is 0.504. The monoisotopic (exact) mass is 347 g/mol. The van der Waals surface area contributed by atoms with E-state index in [1.165, 1.54) is 44.1 Å². The molecule has 132 valence electrons. The van der Waals surface area contributed by atoms with E-state index >= 15 is 0 Å². The Morgan fingerprint density at radius 2 is 1.75 bits per heavy atom. The number of hydrogen-bond donors (Lipinski definition) is 1. The zero-order valence-electron chi connectivity index (χ0n) is 14.8. The normalized spacial score (nSPS) is 12.4. The van der Waals surface area contributed by atoms with E-state index in [9.17, 15) is 0 Å². The van der Waals surface area contributed by atoms with Gasteiger partial charge in [-0.05, 0) is 50.4 Å². The third kappa shape index (κ3) is 7.98. The van der Waals surface area contributed by atoms with E-state index < -0.39 is 0 Å². The van der Waals surface area contributed by atoms with Gasteiger partial charge >= 0.3 is 0 Å². The van der Waals surface area contributed by atoms with Crippen molar-refractivity contribution in [3.63, 3.8) is 0 Å². The molecular weight excluding hydrogens is 318 g/mol. The maximum absolute atomic E-state index is 5.92. The number of aromatic nitrogens is 2. The summed E-state index contributed by atoms with van der Waals surface area (Å²) in [7, 11) is 0. The first-order valence-electron chi connectivity index (χ1n) is 9.17. The van der Waals surface area contributed by atoms with Crippen LogP contribution < -0.4 is 5.32 Å². The molecule has 1 atom stereocenters. The first-order valence-corrected chi connectivity index (χ1v) is 9.55. The third-order valence-corrected chi connectivity index (χ3v) is 4.60. The Bertz CT molecular complexity index is 537. The van der Waals surface area contributed by atoms with E-state index in [-0.39, 0.29) is 0 Å². The lowest BCUT2D eigenvalue weighted by atomic mass is 10.1. The van der Waals surface area contributed by atoms with Crippen molar-refractivity contribution in [2.75, 3.05) is 6.54 Å². The highest BCUT2D eigenvalue weighted by molar-refractivity contribution is 6.30. The van der Waals surface area contributed by atoms with E-state index in [0.717, 1.165) is 24.5 Å². The second kappa shape index (κ2) is 11.3. The van der Waals surface area contributed by atoms with Crippen LogP contribution in [0.25, 0.3) is 0 Å². The fraction of sp³-hybridized carbons (Fsp3) is 0.550. The Morgan fingerprint density at radius 3 is 2.46 bits per heavy atom. The summed E-state index contributed by atoms with van der Waals surface area (Å²) in [6.45, 7) is 4.47. The minimum Gasteiger partial charge on any atom is -0.337 e. The highest BCUT2D eigenvalue weighted by Gasteiger charge is 2.02. The SMILES string of the molecule is CC(Cc1ccc(Cl)cc1)NCCCCCCCCn1ccnc1. The molecule has 4 heteroatoms. The third-order valence-electron chi connectivity index (χ3n) is 4.35. The van der Waals surface area contributed by atoms with Crippen LogP contribution in [-0.2, 0) is 13.0 Å². The Hall–Kier alpha value is -1.32. The van der Waals surface area contributed by atoms with Crippen LogP contribution in [0.3, 0.4) is 0 Å². The minimum absolute atomic E-state index is 0.515. The number of benzene rings is 1. The molecule has 0 fully saturated rings. The molecule has 0 amide bonds. The fourth-order valence-corrected chi connectivity index (χ4v) is 3.07.